The van der Waals surface area contributed by atoms with Crippen molar-refractivity contribution < 1.29 is 75.9 Å². The molecule has 0 aliphatic carbocycles. The van der Waals surface area contributed by atoms with Crippen LogP contribution in [-0.4, -0.2) is 184 Å². The number of carbonyl (C=O) groups excluding carboxylic acids is 2. The van der Waals surface area contributed by atoms with Crippen LogP contribution in [0.5, 0.6) is 0 Å². The van der Waals surface area contributed by atoms with Crippen LogP contribution in [0.25, 0.3) is 0 Å². The van der Waals surface area contributed by atoms with E-state index in [1.165, 1.54) is 7.11 Å². The van der Waals surface area contributed by atoms with Gasteiger partial charge in [0.25, 0.3) is 0 Å². The fourth-order valence-electron chi connectivity index (χ4n) is 2.89. The second-order valence-corrected chi connectivity index (χ2v) is 8.74. The molecule has 0 saturated heterocycles. The summed E-state index contributed by atoms with van der Waals surface area (Å²) >= 11 is 0. The predicted octanol–water partition coefficient (Wildman–Crippen LogP) is 0.0878. The van der Waals surface area contributed by atoms with Crippen molar-refractivity contribution in [3.05, 3.63) is 12.7 Å². The summed E-state index contributed by atoms with van der Waals surface area (Å²) in [7, 11) is 1.31. The molecule has 0 spiro atoms. The van der Waals surface area contributed by atoms with Crippen molar-refractivity contribution in [2.24, 2.45) is 0 Å². The third-order valence-corrected chi connectivity index (χ3v) is 5.18. The third-order valence-electron chi connectivity index (χ3n) is 5.18. The molecule has 0 bridgehead atoms. The fourth-order valence-corrected chi connectivity index (χ4v) is 2.89. The smallest absolute Gasteiger partial charge is 0.331 e. The lowest BCUT2D eigenvalue weighted by atomic mass is 10.6. The minimum absolute atomic E-state index is 0.0750. The van der Waals surface area contributed by atoms with Crippen LogP contribution >= 0.6 is 0 Å². The van der Waals surface area contributed by atoms with Crippen molar-refractivity contribution in [2.45, 2.75) is 0 Å². The van der Waals surface area contributed by atoms with E-state index in [-0.39, 0.29) is 13.2 Å². The Morgan fingerprint density at radius 1 is 0.391 bits per heavy atom. The van der Waals surface area contributed by atoms with E-state index in [1.807, 2.05) is 0 Å². The van der Waals surface area contributed by atoms with Crippen molar-refractivity contribution in [2.75, 3.05) is 172 Å². The molecule has 46 heavy (non-hydrogen) atoms. The SMILES string of the molecule is C=CC(=O)OCCOCCOCCOCCOCCOCCOCCOCCOCCOCCOCCOCCOCC(=O)OC. The van der Waals surface area contributed by atoms with Crippen LogP contribution in [0.3, 0.4) is 0 Å². The summed E-state index contributed by atoms with van der Waals surface area (Å²) in [6.07, 6.45) is 1.11. The van der Waals surface area contributed by atoms with Gasteiger partial charge in [-0.25, -0.2) is 9.59 Å². The molecular formula is C30H56O16. The number of rotatable bonds is 39. The number of ether oxygens (including phenoxy) is 14. The Morgan fingerprint density at radius 3 is 0.826 bits per heavy atom. The number of esters is 2. The summed E-state index contributed by atoms with van der Waals surface area (Å²) in [6.45, 7) is 13.9. The molecule has 0 atom stereocenters. The summed E-state index contributed by atoms with van der Waals surface area (Å²) in [5, 5.41) is 0. The summed E-state index contributed by atoms with van der Waals surface area (Å²) in [5.41, 5.74) is 0. The third kappa shape index (κ3) is 38.4. The monoisotopic (exact) mass is 672 g/mol. The topological polar surface area (TPSA) is 163 Å². The highest BCUT2D eigenvalue weighted by Gasteiger charge is 2.00. The molecule has 0 aliphatic heterocycles. The van der Waals surface area contributed by atoms with Gasteiger partial charge in [-0.3, -0.25) is 0 Å². The highest BCUT2D eigenvalue weighted by molar-refractivity contribution is 5.81. The van der Waals surface area contributed by atoms with Gasteiger partial charge >= 0.3 is 11.9 Å². The van der Waals surface area contributed by atoms with Gasteiger partial charge in [0, 0.05) is 6.08 Å². The first-order chi connectivity index (χ1) is 22.7. The molecule has 0 amide bonds. The molecule has 0 aromatic rings. The molecule has 16 nitrogen and oxygen atoms in total. The van der Waals surface area contributed by atoms with E-state index in [0.717, 1.165) is 6.08 Å². The highest BCUT2D eigenvalue weighted by Crippen LogP contribution is 1.88. The average molecular weight is 673 g/mol. The van der Waals surface area contributed by atoms with Gasteiger partial charge in [-0.2, -0.15) is 0 Å². The Morgan fingerprint density at radius 2 is 0.609 bits per heavy atom. The van der Waals surface area contributed by atoms with Crippen LogP contribution in [0.1, 0.15) is 0 Å². The van der Waals surface area contributed by atoms with Gasteiger partial charge in [0.1, 0.15) is 13.2 Å². The first-order valence-electron chi connectivity index (χ1n) is 15.5. The normalized spacial score (nSPS) is 11.2. The van der Waals surface area contributed by atoms with Crippen LogP contribution in [0.15, 0.2) is 12.7 Å². The molecule has 0 unspecified atom stereocenters. The molecule has 16 heteroatoms. The summed E-state index contributed by atoms with van der Waals surface area (Å²) in [4.78, 5) is 21.7. The van der Waals surface area contributed by atoms with Gasteiger partial charge in [0.05, 0.1) is 159 Å². The van der Waals surface area contributed by atoms with Crippen LogP contribution in [0, 0.1) is 0 Å². The lowest BCUT2D eigenvalue weighted by Crippen LogP contribution is -2.16. The number of carbonyl (C=O) groups is 2. The molecule has 0 aliphatic rings. The first-order valence-corrected chi connectivity index (χ1v) is 15.5. The van der Waals surface area contributed by atoms with Gasteiger partial charge in [0.2, 0.25) is 0 Å². The Balaban J connectivity index is 3.07. The maximum absolute atomic E-state index is 10.9. The van der Waals surface area contributed by atoms with Crippen molar-refractivity contribution in [1.82, 2.24) is 0 Å². The molecule has 0 aromatic carbocycles. The number of hydrogen-bond acceptors (Lipinski definition) is 16. The van der Waals surface area contributed by atoms with Gasteiger partial charge < -0.3 is 66.3 Å². The van der Waals surface area contributed by atoms with Gasteiger partial charge in [0.15, 0.2) is 0 Å². The van der Waals surface area contributed by atoms with Crippen molar-refractivity contribution in [1.29, 1.82) is 0 Å². The van der Waals surface area contributed by atoms with E-state index in [2.05, 4.69) is 11.3 Å². The molecule has 0 N–H and O–H groups in total. The molecular weight excluding hydrogens is 616 g/mol. The lowest BCUT2D eigenvalue weighted by Gasteiger charge is -2.09. The second-order valence-electron chi connectivity index (χ2n) is 8.74. The second kappa shape index (κ2) is 39.4. The molecule has 0 rings (SSSR count). The summed E-state index contributed by atoms with van der Waals surface area (Å²) in [5.74, 6) is -0.875. The van der Waals surface area contributed by atoms with E-state index in [0.29, 0.717) is 152 Å². The molecule has 0 saturated carbocycles. The van der Waals surface area contributed by atoms with Crippen molar-refractivity contribution >= 4 is 11.9 Å². The minimum Gasteiger partial charge on any atom is -0.467 e. The average Bonchev–Trinajstić information content (AvgIpc) is 3.07. The quantitative estimate of drug-likeness (QED) is 0.0490. The van der Waals surface area contributed by atoms with E-state index in [1.54, 1.807) is 0 Å². The van der Waals surface area contributed by atoms with Crippen molar-refractivity contribution in [3.8, 4) is 0 Å². The fraction of sp³-hybridized carbons (Fsp3) is 0.867. The van der Waals surface area contributed by atoms with Crippen LogP contribution < -0.4 is 0 Å². The van der Waals surface area contributed by atoms with E-state index in [4.69, 9.17) is 61.6 Å². The van der Waals surface area contributed by atoms with Crippen LogP contribution in [0.4, 0.5) is 0 Å². The van der Waals surface area contributed by atoms with Crippen molar-refractivity contribution in [3.63, 3.8) is 0 Å². The Bertz CT molecular complexity index is 654. The zero-order valence-corrected chi connectivity index (χ0v) is 27.5. The molecule has 0 radical (unpaired) electrons. The van der Waals surface area contributed by atoms with E-state index in [9.17, 15) is 9.59 Å². The van der Waals surface area contributed by atoms with Gasteiger partial charge in [-0.05, 0) is 0 Å². The maximum Gasteiger partial charge on any atom is 0.331 e. The first kappa shape index (κ1) is 44.2. The highest BCUT2D eigenvalue weighted by atomic mass is 16.6. The Hall–Kier alpha value is -1.80. The molecule has 272 valence electrons. The predicted molar refractivity (Wildman–Crippen MR) is 163 cm³/mol. The zero-order valence-electron chi connectivity index (χ0n) is 27.5. The van der Waals surface area contributed by atoms with E-state index >= 15 is 0 Å². The molecule has 0 aromatic heterocycles. The number of methoxy groups -OCH3 is 1. The molecule has 0 fully saturated rings. The zero-order chi connectivity index (χ0) is 33.4. The number of hydrogen-bond donors (Lipinski definition) is 0. The Labute approximate surface area is 273 Å². The molecule has 0 heterocycles. The maximum atomic E-state index is 10.9. The van der Waals surface area contributed by atoms with Crippen LogP contribution in [-0.2, 0) is 75.9 Å². The standard InChI is InChI=1S/C30H56O16/c1-3-29(31)46-27-26-44-23-22-42-19-18-40-15-14-38-11-10-36-7-6-34-4-5-35-8-9-37-12-13-39-16-17-41-20-21-43-24-25-45-28-30(32)33-2/h3H,1,4-28H2,2H3. The Kier molecular flexibility index (Phi) is 37.8. The van der Waals surface area contributed by atoms with Gasteiger partial charge in [-0.1, -0.05) is 6.58 Å². The minimum atomic E-state index is -0.463. The summed E-state index contributed by atoms with van der Waals surface area (Å²) in [6, 6.07) is 0. The van der Waals surface area contributed by atoms with E-state index < -0.39 is 11.9 Å². The largest absolute Gasteiger partial charge is 0.467 e. The van der Waals surface area contributed by atoms with Crippen LogP contribution in [0.2, 0.25) is 0 Å². The lowest BCUT2D eigenvalue weighted by molar-refractivity contribution is -0.146. The van der Waals surface area contributed by atoms with Gasteiger partial charge in [-0.15, -0.1) is 0 Å². The summed E-state index contributed by atoms with van der Waals surface area (Å²) < 4.78 is 73.7.